The number of aliphatic hydroxyl groups is 1. The summed E-state index contributed by atoms with van der Waals surface area (Å²) in [6, 6.07) is 7.19. The molecule has 2 aromatic rings. The molecule has 0 radical (unpaired) electrons. The van der Waals surface area contributed by atoms with Crippen LogP contribution < -0.4 is 5.32 Å². The molecule has 0 atom stereocenters. The van der Waals surface area contributed by atoms with Gasteiger partial charge >= 0.3 is 0 Å². The molecule has 2 heterocycles. The van der Waals surface area contributed by atoms with Gasteiger partial charge in [0.15, 0.2) is 0 Å². The van der Waals surface area contributed by atoms with Crippen LogP contribution in [0.5, 0.6) is 0 Å². The van der Waals surface area contributed by atoms with Crippen molar-refractivity contribution >= 4 is 17.5 Å². The summed E-state index contributed by atoms with van der Waals surface area (Å²) in [7, 11) is 0. The molecule has 26 heavy (non-hydrogen) atoms. The molecule has 1 amide bonds. The summed E-state index contributed by atoms with van der Waals surface area (Å²) >= 11 is 5.90. The Hall–Kier alpha value is -1.89. The standard InChI is InChI=1S/C19H23ClN2O4/c1-13-16(22-18(26-13)14-2-4-15(20)5-3-14)10-17(24)21-11-19(12-23)6-8-25-9-7-19/h2-5,23H,6-12H2,1H3,(H,21,24). The van der Waals surface area contributed by atoms with Gasteiger partial charge in [-0.05, 0) is 44.0 Å². The molecule has 0 saturated carbocycles. The Kier molecular flexibility index (Phi) is 5.96. The molecule has 0 aliphatic carbocycles. The number of hydrogen-bond acceptors (Lipinski definition) is 5. The van der Waals surface area contributed by atoms with Crippen molar-refractivity contribution in [1.29, 1.82) is 0 Å². The Morgan fingerprint density at radius 2 is 2.00 bits per heavy atom. The van der Waals surface area contributed by atoms with Crippen molar-refractivity contribution < 1.29 is 19.1 Å². The number of ether oxygens (including phenoxy) is 1. The summed E-state index contributed by atoms with van der Waals surface area (Å²) in [4.78, 5) is 16.8. The number of benzene rings is 1. The van der Waals surface area contributed by atoms with Gasteiger partial charge in [0.25, 0.3) is 0 Å². The van der Waals surface area contributed by atoms with Crippen molar-refractivity contribution in [1.82, 2.24) is 10.3 Å². The SMILES string of the molecule is Cc1oc(-c2ccc(Cl)cc2)nc1CC(=O)NCC1(CO)CCOCC1. The van der Waals surface area contributed by atoms with Gasteiger partial charge in [-0.15, -0.1) is 0 Å². The minimum Gasteiger partial charge on any atom is -0.441 e. The number of carbonyl (C=O) groups excluding carboxylic acids is 1. The first-order valence-corrected chi connectivity index (χ1v) is 9.07. The van der Waals surface area contributed by atoms with Crippen LogP contribution in [0.15, 0.2) is 28.7 Å². The van der Waals surface area contributed by atoms with E-state index >= 15 is 0 Å². The summed E-state index contributed by atoms with van der Waals surface area (Å²) in [5.74, 6) is 0.953. The van der Waals surface area contributed by atoms with Crippen molar-refractivity contribution in [2.75, 3.05) is 26.4 Å². The second kappa shape index (κ2) is 8.20. The van der Waals surface area contributed by atoms with E-state index in [1.54, 1.807) is 19.1 Å². The fraction of sp³-hybridized carbons (Fsp3) is 0.474. The first-order valence-electron chi connectivity index (χ1n) is 8.69. The van der Waals surface area contributed by atoms with Gasteiger partial charge in [0.1, 0.15) is 5.76 Å². The number of amides is 1. The summed E-state index contributed by atoms with van der Waals surface area (Å²) < 4.78 is 11.0. The van der Waals surface area contributed by atoms with E-state index in [4.69, 9.17) is 20.8 Å². The largest absolute Gasteiger partial charge is 0.441 e. The van der Waals surface area contributed by atoms with Crippen LogP contribution in [0.2, 0.25) is 5.02 Å². The third kappa shape index (κ3) is 4.44. The molecule has 1 saturated heterocycles. The fourth-order valence-electron chi connectivity index (χ4n) is 3.00. The zero-order valence-electron chi connectivity index (χ0n) is 14.8. The molecule has 7 heteroatoms. The van der Waals surface area contributed by atoms with Crippen molar-refractivity contribution in [3.63, 3.8) is 0 Å². The Labute approximate surface area is 157 Å². The minimum atomic E-state index is -0.290. The number of aliphatic hydroxyl groups excluding tert-OH is 1. The molecule has 140 valence electrons. The van der Waals surface area contributed by atoms with Gasteiger partial charge in [0, 0.05) is 35.8 Å². The molecule has 1 aliphatic heterocycles. The number of nitrogens with zero attached hydrogens (tertiary/aromatic N) is 1. The van der Waals surface area contributed by atoms with Crippen molar-refractivity contribution in [2.24, 2.45) is 5.41 Å². The summed E-state index contributed by atoms with van der Waals surface area (Å²) in [5, 5.41) is 13.3. The Morgan fingerprint density at radius 1 is 1.31 bits per heavy atom. The van der Waals surface area contributed by atoms with Crippen LogP contribution in [-0.2, 0) is 16.0 Å². The maximum Gasteiger partial charge on any atom is 0.226 e. The highest BCUT2D eigenvalue weighted by molar-refractivity contribution is 6.30. The summed E-state index contributed by atoms with van der Waals surface area (Å²) in [5.41, 5.74) is 1.13. The molecule has 1 fully saturated rings. The van der Waals surface area contributed by atoms with Crippen LogP contribution in [0.25, 0.3) is 11.5 Å². The lowest BCUT2D eigenvalue weighted by Gasteiger charge is -2.35. The van der Waals surface area contributed by atoms with Gasteiger partial charge < -0.3 is 19.6 Å². The molecule has 0 spiro atoms. The number of halogens is 1. The maximum absolute atomic E-state index is 12.3. The molecular weight excluding hydrogens is 356 g/mol. The average Bonchev–Trinajstić information content (AvgIpc) is 3.02. The Morgan fingerprint density at radius 3 is 2.65 bits per heavy atom. The monoisotopic (exact) mass is 378 g/mol. The second-order valence-corrected chi connectivity index (χ2v) is 7.19. The molecule has 3 rings (SSSR count). The van der Waals surface area contributed by atoms with Crippen LogP contribution in [0.1, 0.15) is 24.3 Å². The second-order valence-electron chi connectivity index (χ2n) is 6.75. The van der Waals surface area contributed by atoms with E-state index in [0.29, 0.717) is 42.1 Å². The first kappa shape index (κ1) is 18.9. The normalized spacial score (nSPS) is 16.4. The van der Waals surface area contributed by atoms with E-state index in [1.165, 1.54) is 0 Å². The van der Waals surface area contributed by atoms with Gasteiger partial charge in [-0.3, -0.25) is 4.79 Å². The van der Waals surface area contributed by atoms with Gasteiger partial charge in [0.05, 0.1) is 18.7 Å². The lowest BCUT2D eigenvalue weighted by molar-refractivity contribution is -0.121. The highest BCUT2D eigenvalue weighted by Gasteiger charge is 2.32. The zero-order valence-corrected chi connectivity index (χ0v) is 15.5. The lowest BCUT2D eigenvalue weighted by Crippen LogP contribution is -2.44. The van der Waals surface area contributed by atoms with E-state index in [9.17, 15) is 9.90 Å². The van der Waals surface area contributed by atoms with Crippen molar-refractivity contribution in [3.8, 4) is 11.5 Å². The third-order valence-corrected chi connectivity index (χ3v) is 5.11. The van der Waals surface area contributed by atoms with E-state index in [0.717, 1.165) is 18.4 Å². The molecular formula is C19H23ClN2O4. The van der Waals surface area contributed by atoms with E-state index in [1.807, 2.05) is 12.1 Å². The van der Waals surface area contributed by atoms with Crippen LogP contribution >= 0.6 is 11.6 Å². The Bertz CT molecular complexity index is 751. The zero-order chi connectivity index (χ0) is 18.6. The number of aromatic nitrogens is 1. The molecule has 0 bridgehead atoms. The average molecular weight is 379 g/mol. The molecule has 0 unspecified atom stereocenters. The first-order chi connectivity index (χ1) is 12.5. The number of hydrogen-bond donors (Lipinski definition) is 2. The maximum atomic E-state index is 12.3. The predicted molar refractivity (Wildman–Crippen MR) is 98.0 cm³/mol. The van der Waals surface area contributed by atoms with Crippen LogP contribution in [0, 0.1) is 12.3 Å². The van der Waals surface area contributed by atoms with Crippen molar-refractivity contribution in [3.05, 3.63) is 40.7 Å². The lowest BCUT2D eigenvalue weighted by atomic mass is 9.81. The summed E-state index contributed by atoms with van der Waals surface area (Å²) in [6.45, 7) is 3.50. The summed E-state index contributed by atoms with van der Waals surface area (Å²) in [6.07, 6.45) is 1.63. The van der Waals surface area contributed by atoms with E-state index in [-0.39, 0.29) is 24.3 Å². The Balaban J connectivity index is 1.61. The highest BCUT2D eigenvalue weighted by Crippen LogP contribution is 2.29. The quantitative estimate of drug-likeness (QED) is 0.807. The molecule has 1 aliphatic rings. The van der Waals surface area contributed by atoms with Crippen molar-refractivity contribution in [2.45, 2.75) is 26.2 Å². The smallest absolute Gasteiger partial charge is 0.226 e. The van der Waals surface area contributed by atoms with Gasteiger partial charge in [-0.25, -0.2) is 4.98 Å². The van der Waals surface area contributed by atoms with Crippen LogP contribution in [-0.4, -0.2) is 42.4 Å². The third-order valence-electron chi connectivity index (χ3n) is 4.86. The molecule has 1 aromatic carbocycles. The predicted octanol–water partition coefficient (Wildman–Crippen LogP) is 2.75. The fourth-order valence-corrected chi connectivity index (χ4v) is 3.13. The van der Waals surface area contributed by atoms with Gasteiger partial charge in [0.2, 0.25) is 11.8 Å². The number of carbonyl (C=O) groups is 1. The number of nitrogens with one attached hydrogen (secondary N) is 1. The highest BCUT2D eigenvalue weighted by atomic mass is 35.5. The molecule has 1 aromatic heterocycles. The van der Waals surface area contributed by atoms with E-state index < -0.39 is 0 Å². The number of aryl methyl sites for hydroxylation is 1. The number of rotatable bonds is 6. The molecule has 2 N–H and O–H groups in total. The minimum absolute atomic E-state index is 0.0420. The topological polar surface area (TPSA) is 84.6 Å². The molecule has 6 nitrogen and oxygen atoms in total. The van der Waals surface area contributed by atoms with E-state index in [2.05, 4.69) is 10.3 Å². The van der Waals surface area contributed by atoms with Crippen LogP contribution in [0.4, 0.5) is 0 Å². The van der Waals surface area contributed by atoms with Crippen LogP contribution in [0.3, 0.4) is 0 Å². The number of oxazole rings is 1. The van der Waals surface area contributed by atoms with Gasteiger partial charge in [-0.1, -0.05) is 11.6 Å². The van der Waals surface area contributed by atoms with Gasteiger partial charge in [-0.2, -0.15) is 0 Å².